The molecule has 1 aromatic heterocycles. The molecule has 1 heterocycles. The number of hydrogen-bond acceptors (Lipinski definition) is 3. The number of carbonyl (C=O) groups is 1. The van der Waals surface area contributed by atoms with Crippen LogP contribution in [0.1, 0.15) is 30.5 Å². The van der Waals surface area contributed by atoms with Gasteiger partial charge in [0.2, 0.25) is 0 Å². The standard InChI is InChI=1S/C18H21F2N3O2/c1-4-15(13-8-10-21-11-9-13)23(3)18(24)22-14-6-5-7-16(12(14)2)25-17(19)20/h5-11,15,17H,4H2,1-3H3,(H,22,24). The maximum atomic E-state index is 12.6. The van der Waals surface area contributed by atoms with Crippen LogP contribution in [0.3, 0.4) is 0 Å². The second-order valence-electron chi connectivity index (χ2n) is 5.55. The van der Waals surface area contributed by atoms with E-state index in [1.807, 2.05) is 19.1 Å². The van der Waals surface area contributed by atoms with Crippen LogP contribution in [0.15, 0.2) is 42.7 Å². The Hall–Kier alpha value is -2.70. The Morgan fingerprint density at radius 3 is 2.56 bits per heavy atom. The third kappa shape index (κ3) is 4.65. The predicted octanol–water partition coefficient (Wildman–Crippen LogP) is 4.61. The number of nitrogens with one attached hydrogen (secondary N) is 1. The molecule has 2 aromatic rings. The zero-order chi connectivity index (χ0) is 18.4. The number of rotatable bonds is 6. The maximum Gasteiger partial charge on any atom is 0.387 e. The number of alkyl halides is 2. The van der Waals surface area contributed by atoms with Gasteiger partial charge in [0, 0.05) is 30.7 Å². The van der Waals surface area contributed by atoms with Gasteiger partial charge in [0.1, 0.15) is 5.75 Å². The first kappa shape index (κ1) is 18.6. The first-order valence-electron chi connectivity index (χ1n) is 7.92. The molecule has 2 amide bonds. The van der Waals surface area contributed by atoms with Gasteiger partial charge < -0.3 is 15.0 Å². The summed E-state index contributed by atoms with van der Waals surface area (Å²) < 4.78 is 29.3. The topological polar surface area (TPSA) is 54.5 Å². The van der Waals surface area contributed by atoms with Crippen molar-refractivity contribution in [2.75, 3.05) is 12.4 Å². The van der Waals surface area contributed by atoms with Crippen LogP contribution in [-0.2, 0) is 0 Å². The minimum atomic E-state index is -2.91. The molecule has 1 unspecified atom stereocenters. The fraction of sp³-hybridized carbons (Fsp3) is 0.333. The van der Waals surface area contributed by atoms with Crippen molar-refractivity contribution in [3.05, 3.63) is 53.9 Å². The van der Waals surface area contributed by atoms with Gasteiger partial charge in [0.25, 0.3) is 0 Å². The molecule has 7 heteroatoms. The number of anilines is 1. The third-order valence-corrected chi connectivity index (χ3v) is 4.01. The van der Waals surface area contributed by atoms with Crippen molar-refractivity contribution in [2.24, 2.45) is 0 Å². The van der Waals surface area contributed by atoms with E-state index in [0.717, 1.165) is 12.0 Å². The van der Waals surface area contributed by atoms with Crippen LogP contribution >= 0.6 is 0 Å². The number of amides is 2. The highest BCUT2D eigenvalue weighted by Crippen LogP contribution is 2.28. The molecular formula is C18H21F2N3O2. The minimum Gasteiger partial charge on any atom is -0.434 e. The molecule has 25 heavy (non-hydrogen) atoms. The molecule has 0 aliphatic rings. The van der Waals surface area contributed by atoms with Crippen molar-refractivity contribution in [1.82, 2.24) is 9.88 Å². The lowest BCUT2D eigenvalue weighted by Gasteiger charge is -2.28. The third-order valence-electron chi connectivity index (χ3n) is 4.01. The molecule has 0 saturated carbocycles. The van der Waals surface area contributed by atoms with E-state index in [2.05, 4.69) is 15.0 Å². The Morgan fingerprint density at radius 2 is 1.96 bits per heavy atom. The summed E-state index contributed by atoms with van der Waals surface area (Å²) in [5.74, 6) is 0.0385. The van der Waals surface area contributed by atoms with Crippen LogP contribution in [-0.4, -0.2) is 29.6 Å². The highest BCUT2D eigenvalue weighted by molar-refractivity contribution is 5.90. The highest BCUT2D eigenvalue weighted by Gasteiger charge is 2.21. The quantitative estimate of drug-likeness (QED) is 0.829. The number of hydrogen-bond donors (Lipinski definition) is 1. The molecule has 0 radical (unpaired) electrons. The van der Waals surface area contributed by atoms with Crippen LogP contribution in [0.2, 0.25) is 0 Å². The molecule has 1 atom stereocenters. The van der Waals surface area contributed by atoms with Crippen LogP contribution in [0.5, 0.6) is 5.75 Å². The Labute approximate surface area is 145 Å². The van der Waals surface area contributed by atoms with Gasteiger partial charge in [-0.15, -0.1) is 0 Å². The highest BCUT2D eigenvalue weighted by atomic mass is 19.3. The summed E-state index contributed by atoms with van der Waals surface area (Å²) in [7, 11) is 1.69. The smallest absolute Gasteiger partial charge is 0.387 e. The van der Waals surface area contributed by atoms with Crippen molar-refractivity contribution in [2.45, 2.75) is 32.9 Å². The van der Waals surface area contributed by atoms with E-state index in [4.69, 9.17) is 0 Å². The van der Waals surface area contributed by atoms with Gasteiger partial charge in [-0.2, -0.15) is 8.78 Å². The summed E-state index contributed by atoms with van der Waals surface area (Å²) in [6.45, 7) is 0.688. The van der Waals surface area contributed by atoms with Crippen molar-refractivity contribution in [1.29, 1.82) is 0 Å². The fourth-order valence-electron chi connectivity index (χ4n) is 2.64. The minimum absolute atomic E-state index is 0.0385. The summed E-state index contributed by atoms with van der Waals surface area (Å²) >= 11 is 0. The molecule has 5 nitrogen and oxygen atoms in total. The Balaban J connectivity index is 2.16. The average Bonchev–Trinajstić information content (AvgIpc) is 2.59. The van der Waals surface area contributed by atoms with Crippen LogP contribution < -0.4 is 10.1 Å². The molecule has 0 aliphatic carbocycles. The second-order valence-corrected chi connectivity index (χ2v) is 5.55. The fourth-order valence-corrected chi connectivity index (χ4v) is 2.64. The van der Waals surface area contributed by atoms with Gasteiger partial charge in [-0.05, 0) is 43.2 Å². The molecule has 1 aromatic carbocycles. The first-order chi connectivity index (χ1) is 11.9. The van der Waals surface area contributed by atoms with Crippen LogP contribution in [0.4, 0.5) is 19.3 Å². The van der Waals surface area contributed by atoms with Gasteiger partial charge in [0.15, 0.2) is 0 Å². The monoisotopic (exact) mass is 349 g/mol. The number of aromatic nitrogens is 1. The zero-order valence-electron chi connectivity index (χ0n) is 14.4. The number of carbonyl (C=O) groups excluding carboxylic acids is 1. The molecule has 0 saturated heterocycles. The number of pyridine rings is 1. The molecule has 0 fully saturated rings. The summed E-state index contributed by atoms with van der Waals surface area (Å²) in [6, 6.07) is 7.91. The number of benzene rings is 1. The van der Waals surface area contributed by atoms with E-state index < -0.39 is 6.61 Å². The van der Waals surface area contributed by atoms with E-state index in [0.29, 0.717) is 11.3 Å². The summed E-state index contributed by atoms with van der Waals surface area (Å²) in [5, 5.41) is 2.75. The van der Waals surface area contributed by atoms with Crippen molar-refractivity contribution >= 4 is 11.7 Å². The molecule has 134 valence electrons. The molecule has 0 spiro atoms. The van der Waals surface area contributed by atoms with Gasteiger partial charge in [-0.3, -0.25) is 4.98 Å². The van der Waals surface area contributed by atoms with E-state index in [1.165, 1.54) is 6.07 Å². The largest absolute Gasteiger partial charge is 0.434 e. The lowest BCUT2D eigenvalue weighted by molar-refractivity contribution is -0.0502. The molecular weight excluding hydrogens is 328 g/mol. The summed E-state index contributed by atoms with van der Waals surface area (Å²) in [6.07, 6.45) is 4.08. The van der Waals surface area contributed by atoms with Crippen LogP contribution in [0, 0.1) is 6.92 Å². The average molecular weight is 349 g/mol. The van der Waals surface area contributed by atoms with Gasteiger partial charge >= 0.3 is 12.6 Å². The Morgan fingerprint density at radius 1 is 1.28 bits per heavy atom. The Bertz CT molecular complexity index is 711. The summed E-state index contributed by atoms with van der Waals surface area (Å²) in [4.78, 5) is 18.1. The number of halogens is 2. The molecule has 0 bridgehead atoms. The number of urea groups is 1. The maximum absolute atomic E-state index is 12.6. The molecule has 2 rings (SSSR count). The van der Waals surface area contributed by atoms with Crippen LogP contribution in [0.25, 0.3) is 0 Å². The van der Waals surface area contributed by atoms with E-state index >= 15 is 0 Å². The molecule has 1 N–H and O–H groups in total. The van der Waals surface area contributed by atoms with Crippen molar-refractivity contribution in [3.8, 4) is 5.75 Å². The lowest BCUT2D eigenvalue weighted by atomic mass is 10.1. The summed E-state index contributed by atoms with van der Waals surface area (Å²) in [5.41, 5.74) is 1.85. The predicted molar refractivity (Wildman–Crippen MR) is 91.9 cm³/mol. The zero-order valence-corrected chi connectivity index (χ0v) is 14.4. The normalized spacial score (nSPS) is 11.9. The van der Waals surface area contributed by atoms with E-state index in [-0.39, 0.29) is 17.8 Å². The van der Waals surface area contributed by atoms with E-state index in [9.17, 15) is 13.6 Å². The van der Waals surface area contributed by atoms with Gasteiger partial charge in [0.05, 0.1) is 6.04 Å². The Kier molecular flexibility index (Phi) is 6.27. The first-order valence-corrected chi connectivity index (χ1v) is 7.92. The van der Waals surface area contributed by atoms with E-state index in [1.54, 1.807) is 43.4 Å². The lowest BCUT2D eigenvalue weighted by Crippen LogP contribution is -2.34. The second kappa shape index (κ2) is 8.41. The number of nitrogens with zero attached hydrogens (tertiary/aromatic N) is 2. The van der Waals surface area contributed by atoms with Gasteiger partial charge in [-0.1, -0.05) is 13.0 Å². The molecule has 0 aliphatic heterocycles. The van der Waals surface area contributed by atoms with Crippen molar-refractivity contribution < 1.29 is 18.3 Å². The van der Waals surface area contributed by atoms with Gasteiger partial charge in [-0.25, -0.2) is 4.79 Å². The van der Waals surface area contributed by atoms with Crippen molar-refractivity contribution in [3.63, 3.8) is 0 Å². The number of ether oxygens (including phenoxy) is 1. The SMILES string of the molecule is CCC(c1ccncc1)N(C)C(=O)Nc1cccc(OC(F)F)c1C.